The van der Waals surface area contributed by atoms with Crippen LogP contribution < -0.4 is 5.32 Å². The van der Waals surface area contributed by atoms with E-state index in [1.807, 2.05) is 19.9 Å². The van der Waals surface area contributed by atoms with Crippen LogP contribution in [0.4, 0.5) is 10.1 Å². The van der Waals surface area contributed by atoms with E-state index >= 15 is 4.39 Å². The molecule has 1 amide bonds. The molecule has 0 bridgehead atoms. The van der Waals surface area contributed by atoms with Crippen LogP contribution in [0.1, 0.15) is 38.1 Å². The Morgan fingerprint density at radius 2 is 2.12 bits per heavy atom. The molecule has 0 spiro atoms. The Bertz CT molecular complexity index is 797. The Balaban J connectivity index is 1.86. The molecule has 2 N–H and O–H groups in total. The standard InChI is InChI=1S/C18H22FN5O2/c1-12(2)21-15-9-13(3-4-14(15)10-20)16-22-17(26-23-16)18(19)5-7-24(11-25)8-6-18/h3-4,9-12,20-21H,5-8H2,1-2H3. The van der Waals surface area contributed by atoms with E-state index in [-0.39, 0.29) is 24.8 Å². The van der Waals surface area contributed by atoms with E-state index in [9.17, 15) is 4.79 Å². The fourth-order valence-corrected chi connectivity index (χ4v) is 2.98. The third-order valence-electron chi connectivity index (χ3n) is 4.46. The van der Waals surface area contributed by atoms with Gasteiger partial charge in [-0.25, -0.2) is 4.39 Å². The summed E-state index contributed by atoms with van der Waals surface area (Å²) in [5.41, 5.74) is 0.503. The molecule has 0 radical (unpaired) electrons. The number of rotatable bonds is 6. The normalized spacial score (nSPS) is 16.5. The number of nitrogens with one attached hydrogen (secondary N) is 2. The zero-order valence-electron chi connectivity index (χ0n) is 14.8. The number of piperidine rings is 1. The zero-order chi connectivity index (χ0) is 18.7. The van der Waals surface area contributed by atoms with E-state index in [0.29, 0.717) is 24.5 Å². The van der Waals surface area contributed by atoms with Gasteiger partial charge in [0.05, 0.1) is 0 Å². The van der Waals surface area contributed by atoms with Crippen molar-refractivity contribution in [2.75, 3.05) is 18.4 Å². The van der Waals surface area contributed by atoms with Gasteiger partial charge in [-0.3, -0.25) is 4.79 Å². The average molecular weight is 359 g/mol. The highest BCUT2D eigenvalue weighted by Crippen LogP contribution is 2.36. The van der Waals surface area contributed by atoms with Gasteiger partial charge in [-0.2, -0.15) is 4.98 Å². The number of carbonyl (C=O) groups is 1. The molecule has 1 saturated heterocycles. The molecule has 2 aromatic rings. The Hall–Kier alpha value is -2.77. The van der Waals surface area contributed by atoms with Gasteiger partial charge in [-0.05, 0) is 19.9 Å². The summed E-state index contributed by atoms with van der Waals surface area (Å²) in [6.07, 6.45) is 2.28. The number of likely N-dealkylation sites (tertiary alicyclic amines) is 1. The van der Waals surface area contributed by atoms with Crippen LogP contribution >= 0.6 is 0 Å². The lowest BCUT2D eigenvalue weighted by Gasteiger charge is -2.31. The second kappa shape index (κ2) is 7.23. The van der Waals surface area contributed by atoms with Crippen LogP contribution in [-0.2, 0) is 10.5 Å². The number of benzene rings is 1. The summed E-state index contributed by atoms with van der Waals surface area (Å²) >= 11 is 0. The SMILES string of the molecule is CC(C)Nc1cc(-c2noc(C3(F)CCN(C=O)CC3)n2)ccc1C=N. The molecular weight excluding hydrogens is 337 g/mol. The number of nitrogens with zero attached hydrogens (tertiary/aromatic N) is 3. The van der Waals surface area contributed by atoms with Gasteiger partial charge < -0.3 is 20.1 Å². The molecule has 0 aliphatic carbocycles. The number of amides is 1. The van der Waals surface area contributed by atoms with Crippen molar-refractivity contribution in [3.63, 3.8) is 0 Å². The Labute approximate surface area is 151 Å². The molecule has 2 heterocycles. The second-order valence-corrected chi connectivity index (χ2v) is 6.78. The van der Waals surface area contributed by atoms with Gasteiger partial charge in [0.15, 0.2) is 5.67 Å². The minimum Gasteiger partial charge on any atom is -0.382 e. The summed E-state index contributed by atoms with van der Waals surface area (Å²) in [5.74, 6) is 0.255. The van der Waals surface area contributed by atoms with Crippen molar-refractivity contribution in [1.29, 1.82) is 5.41 Å². The first kappa shape index (κ1) is 18.0. The third kappa shape index (κ3) is 3.58. The fourth-order valence-electron chi connectivity index (χ4n) is 2.98. The molecule has 26 heavy (non-hydrogen) atoms. The van der Waals surface area contributed by atoms with Crippen LogP contribution in [0.5, 0.6) is 0 Å². The molecule has 1 aliphatic heterocycles. The van der Waals surface area contributed by atoms with Gasteiger partial charge in [-0.15, -0.1) is 0 Å². The van der Waals surface area contributed by atoms with Crippen LogP contribution in [0, 0.1) is 5.41 Å². The molecule has 1 aromatic heterocycles. The number of hydrogen-bond donors (Lipinski definition) is 2. The van der Waals surface area contributed by atoms with Crippen LogP contribution in [0.15, 0.2) is 22.7 Å². The first-order chi connectivity index (χ1) is 12.4. The second-order valence-electron chi connectivity index (χ2n) is 6.78. The van der Waals surface area contributed by atoms with Crippen molar-refractivity contribution < 1.29 is 13.7 Å². The molecule has 8 heteroatoms. The number of hydrogen-bond acceptors (Lipinski definition) is 6. The third-order valence-corrected chi connectivity index (χ3v) is 4.46. The summed E-state index contributed by atoms with van der Waals surface area (Å²) in [4.78, 5) is 16.6. The van der Waals surface area contributed by atoms with Crippen LogP contribution in [0.25, 0.3) is 11.4 Å². The minimum atomic E-state index is -1.71. The number of halogens is 1. The molecule has 0 unspecified atom stereocenters. The highest BCUT2D eigenvalue weighted by atomic mass is 19.1. The molecular formula is C18H22FN5O2. The molecule has 7 nitrogen and oxygen atoms in total. The molecule has 3 rings (SSSR count). The van der Waals surface area contributed by atoms with E-state index in [0.717, 1.165) is 17.7 Å². The summed E-state index contributed by atoms with van der Waals surface area (Å²) < 4.78 is 20.3. The van der Waals surface area contributed by atoms with Gasteiger partial charge in [-0.1, -0.05) is 17.3 Å². The molecule has 0 saturated carbocycles. The first-order valence-corrected chi connectivity index (χ1v) is 8.59. The zero-order valence-corrected chi connectivity index (χ0v) is 14.8. The first-order valence-electron chi connectivity index (χ1n) is 8.59. The van der Waals surface area contributed by atoms with Crippen molar-refractivity contribution in [1.82, 2.24) is 15.0 Å². The average Bonchev–Trinajstić information content (AvgIpc) is 3.13. The Morgan fingerprint density at radius 3 is 2.73 bits per heavy atom. The maximum absolute atomic E-state index is 15.1. The number of alkyl halides is 1. The maximum atomic E-state index is 15.1. The quantitative estimate of drug-likeness (QED) is 0.611. The van der Waals surface area contributed by atoms with Gasteiger partial charge >= 0.3 is 0 Å². The van der Waals surface area contributed by atoms with Crippen LogP contribution in [0.3, 0.4) is 0 Å². The van der Waals surface area contributed by atoms with Crippen molar-refractivity contribution >= 4 is 18.3 Å². The Morgan fingerprint density at radius 1 is 1.38 bits per heavy atom. The summed E-state index contributed by atoms with van der Waals surface area (Å²) in [7, 11) is 0. The van der Waals surface area contributed by atoms with Gasteiger partial charge in [0.1, 0.15) is 0 Å². The lowest BCUT2D eigenvalue weighted by molar-refractivity contribution is -0.121. The maximum Gasteiger partial charge on any atom is 0.264 e. The van der Waals surface area contributed by atoms with Crippen LogP contribution in [-0.4, -0.2) is 46.8 Å². The largest absolute Gasteiger partial charge is 0.382 e. The van der Waals surface area contributed by atoms with Gasteiger partial charge in [0.2, 0.25) is 12.2 Å². The molecule has 1 fully saturated rings. The van der Waals surface area contributed by atoms with E-state index in [2.05, 4.69) is 15.5 Å². The summed E-state index contributed by atoms with van der Waals surface area (Å²) in [6, 6.07) is 5.59. The topological polar surface area (TPSA) is 95.1 Å². The lowest BCUT2D eigenvalue weighted by atomic mass is 9.93. The predicted octanol–water partition coefficient (Wildman–Crippen LogP) is 2.97. The molecule has 138 valence electrons. The summed E-state index contributed by atoms with van der Waals surface area (Å²) in [5, 5.41) is 14.7. The molecule has 0 atom stereocenters. The van der Waals surface area contributed by atoms with Crippen molar-refractivity contribution in [3.8, 4) is 11.4 Å². The Kier molecular flexibility index (Phi) is 5.01. The highest BCUT2D eigenvalue weighted by molar-refractivity contribution is 5.87. The highest BCUT2D eigenvalue weighted by Gasteiger charge is 2.41. The van der Waals surface area contributed by atoms with Gasteiger partial charge in [0, 0.05) is 55.0 Å². The van der Waals surface area contributed by atoms with Crippen LogP contribution in [0.2, 0.25) is 0 Å². The number of anilines is 1. The minimum absolute atomic E-state index is 0.0486. The molecule has 1 aromatic carbocycles. The number of aromatic nitrogens is 2. The fraction of sp³-hybridized carbons (Fsp3) is 0.444. The van der Waals surface area contributed by atoms with E-state index < -0.39 is 5.67 Å². The van der Waals surface area contributed by atoms with Crippen molar-refractivity contribution in [3.05, 3.63) is 29.7 Å². The van der Waals surface area contributed by atoms with E-state index in [4.69, 9.17) is 9.93 Å². The summed E-state index contributed by atoms with van der Waals surface area (Å²) in [6.45, 7) is 4.67. The monoisotopic (exact) mass is 359 g/mol. The van der Waals surface area contributed by atoms with Crippen molar-refractivity contribution in [2.45, 2.75) is 38.4 Å². The smallest absolute Gasteiger partial charge is 0.264 e. The predicted molar refractivity (Wildman–Crippen MR) is 96.0 cm³/mol. The number of carbonyl (C=O) groups excluding carboxylic acids is 1. The van der Waals surface area contributed by atoms with E-state index in [1.54, 1.807) is 12.1 Å². The molecule has 1 aliphatic rings. The lowest BCUT2D eigenvalue weighted by Crippen LogP contribution is -2.39. The van der Waals surface area contributed by atoms with E-state index in [1.165, 1.54) is 11.1 Å². The van der Waals surface area contributed by atoms with Crippen molar-refractivity contribution in [2.24, 2.45) is 0 Å². The van der Waals surface area contributed by atoms with Gasteiger partial charge in [0.25, 0.3) is 5.89 Å².